The average Bonchev–Trinajstić information content (AvgIpc) is 2.62. The van der Waals surface area contributed by atoms with Gasteiger partial charge in [-0.15, -0.1) is 0 Å². The number of likely N-dealkylation sites (tertiary alicyclic amines) is 1. The second kappa shape index (κ2) is 7.02. The number of amides is 2. The Bertz CT molecular complexity index is 418. The van der Waals surface area contributed by atoms with Gasteiger partial charge in [-0.05, 0) is 38.6 Å². The molecule has 21 heavy (non-hydrogen) atoms. The van der Waals surface area contributed by atoms with E-state index in [1.165, 1.54) is 4.90 Å². The first-order valence-electron chi connectivity index (χ1n) is 7.45. The summed E-state index contributed by atoms with van der Waals surface area (Å²) in [6.45, 7) is 8.28. The van der Waals surface area contributed by atoms with Crippen molar-refractivity contribution in [1.82, 2.24) is 10.2 Å². The van der Waals surface area contributed by atoms with Crippen LogP contribution in [0.25, 0.3) is 0 Å². The summed E-state index contributed by atoms with van der Waals surface area (Å²) in [4.78, 5) is 35.8. The molecule has 0 aromatic heterocycles. The smallest absolute Gasteiger partial charge is 0.303 e. The van der Waals surface area contributed by atoms with Crippen molar-refractivity contribution in [3.63, 3.8) is 0 Å². The monoisotopic (exact) mass is 298 g/mol. The third-order valence-electron chi connectivity index (χ3n) is 3.91. The maximum absolute atomic E-state index is 12.1. The molecule has 0 bridgehead atoms. The number of carboxylic acids is 1. The van der Waals surface area contributed by atoms with E-state index in [0.29, 0.717) is 13.0 Å². The van der Waals surface area contributed by atoms with Crippen molar-refractivity contribution in [2.45, 2.75) is 65.5 Å². The molecule has 1 unspecified atom stereocenters. The summed E-state index contributed by atoms with van der Waals surface area (Å²) < 4.78 is 0. The maximum atomic E-state index is 12.1. The topological polar surface area (TPSA) is 86.7 Å². The first kappa shape index (κ1) is 17.6. The molecule has 0 saturated carbocycles. The van der Waals surface area contributed by atoms with Gasteiger partial charge in [-0.3, -0.25) is 19.3 Å². The molecule has 0 aliphatic carbocycles. The number of imide groups is 1. The Labute approximate surface area is 125 Å². The van der Waals surface area contributed by atoms with Crippen LogP contribution in [0.1, 0.15) is 53.4 Å². The first-order chi connectivity index (χ1) is 9.64. The number of carbonyl (C=O) groups is 3. The SMILES string of the molecule is CC(C)N1C(=O)CC(NCCC(C)(C)CCC(=O)O)C1=O. The lowest BCUT2D eigenvalue weighted by atomic mass is 9.84. The van der Waals surface area contributed by atoms with Crippen LogP contribution in [0.2, 0.25) is 0 Å². The van der Waals surface area contributed by atoms with Crippen molar-refractivity contribution < 1.29 is 19.5 Å². The van der Waals surface area contributed by atoms with Gasteiger partial charge in [-0.2, -0.15) is 0 Å². The lowest BCUT2D eigenvalue weighted by Crippen LogP contribution is -2.42. The minimum Gasteiger partial charge on any atom is -0.481 e. The van der Waals surface area contributed by atoms with Crippen LogP contribution < -0.4 is 5.32 Å². The Hall–Kier alpha value is -1.43. The third kappa shape index (κ3) is 5.12. The van der Waals surface area contributed by atoms with Gasteiger partial charge in [0.05, 0.1) is 12.5 Å². The predicted octanol–water partition coefficient (Wildman–Crippen LogP) is 1.39. The zero-order chi connectivity index (χ0) is 16.2. The molecule has 0 radical (unpaired) electrons. The molecule has 0 spiro atoms. The highest BCUT2D eigenvalue weighted by molar-refractivity contribution is 6.05. The Kier molecular flexibility index (Phi) is 5.89. The molecule has 2 N–H and O–H groups in total. The van der Waals surface area contributed by atoms with Gasteiger partial charge < -0.3 is 10.4 Å². The summed E-state index contributed by atoms with van der Waals surface area (Å²) in [5.74, 6) is -1.07. The molecule has 1 atom stereocenters. The van der Waals surface area contributed by atoms with E-state index in [1.54, 1.807) is 0 Å². The van der Waals surface area contributed by atoms with Gasteiger partial charge in [-0.25, -0.2) is 0 Å². The predicted molar refractivity (Wildman–Crippen MR) is 78.7 cm³/mol. The summed E-state index contributed by atoms with van der Waals surface area (Å²) in [5.41, 5.74) is -0.102. The van der Waals surface area contributed by atoms with Gasteiger partial charge >= 0.3 is 5.97 Å². The van der Waals surface area contributed by atoms with Crippen LogP contribution >= 0.6 is 0 Å². The van der Waals surface area contributed by atoms with E-state index >= 15 is 0 Å². The van der Waals surface area contributed by atoms with Gasteiger partial charge in [0.15, 0.2) is 0 Å². The zero-order valence-corrected chi connectivity index (χ0v) is 13.3. The van der Waals surface area contributed by atoms with Gasteiger partial charge in [0, 0.05) is 12.5 Å². The number of rotatable bonds is 8. The van der Waals surface area contributed by atoms with Crippen LogP contribution in [0.5, 0.6) is 0 Å². The van der Waals surface area contributed by atoms with E-state index in [4.69, 9.17) is 5.11 Å². The van der Waals surface area contributed by atoms with Crippen LogP contribution in [-0.4, -0.2) is 46.4 Å². The second-order valence-electron chi connectivity index (χ2n) is 6.71. The Morgan fingerprint density at radius 2 is 2.00 bits per heavy atom. The van der Waals surface area contributed by atoms with Crippen LogP contribution in [-0.2, 0) is 14.4 Å². The van der Waals surface area contributed by atoms with E-state index in [0.717, 1.165) is 6.42 Å². The van der Waals surface area contributed by atoms with Crippen molar-refractivity contribution in [3.8, 4) is 0 Å². The molecule has 2 amide bonds. The molecule has 1 heterocycles. The summed E-state index contributed by atoms with van der Waals surface area (Å²) in [5, 5.41) is 11.8. The molecule has 1 aliphatic heterocycles. The van der Waals surface area contributed by atoms with E-state index in [1.807, 2.05) is 27.7 Å². The molecule has 6 nitrogen and oxygen atoms in total. The highest BCUT2D eigenvalue weighted by Gasteiger charge is 2.39. The normalized spacial score (nSPS) is 19.7. The van der Waals surface area contributed by atoms with E-state index in [-0.39, 0.29) is 36.1 Å². The Morgan fingerprint density at radius 3 is 2.48 bits per heavy atom. The molecular formula is C15H26N2O4. The molecule has 0 aromatic carbocycles. The maximum Gasteiger partial charge on any atom is 0.303 e. The number of aliphatic carboxylic acids is 1. The van der Waals surface area contributed by atoms with Crippen molar-refractivity contribution in [2.75, 3.05) is 6.54 Å². The van der Waals surface area contributed by atoms with Crippen molar-refractivity contribution >= 4 is 17.8 Å². The van der Waals surface area contributed by atoms with Gasteiger partial charge in [0.25, 0.3) is 0 Å². The van der Waals surface area contributed by atoms with Crippen molar-refractivity contribution in [2.24, 2.45) is 5.41 Å². The van der Waals surface area contributed by atoms with Gasteiger partial charge in [0.1, 0.15) is 0 Å². The third-order valence-corrected chi connectivity index (χ3v) is 3.91. The summed E-state index contributed by atoms with van der Waals surface area (Å²) >= 11 is 0. The van der Waals surface area contributed by atoms with Gasteiger partial charge in [0.2, 0.25) is 11.8 Å². The zero-order valence-electron chi connectivity index (χ0n) is 13.3. The highest BCUT2D eigenvalue weighted by atomic mass is 16.4. The van der Waals surface area contributed by atoms with Crippen LogP contribution in [0.4, 0.5) is 0 Å². The highest BCUT2D eigenvalue weighted by Crippen LogP contribution is 2.26. The summed E-state index contributed by atoms with van der Waals surface area (Å²) in [6, 6.07) is -0.543. The minimum absolute atomic E-state index is 0.102. The number of hydrogen-bond acceptors (Lipinski definition) is 4. The molecule has 1 saturated heterocycles. The quantitative estimate of drug-likeness (QED) is 0.661. The number of carbonyl (C=O) groups excluding carboxylic acids is 2. The number of carboxylic acid groups (broad SMARTS) is 1. The van der Waals surface area contributed by atoms with Gasteiger partial charge in [-0.1, -0.05) is 13.8 Å². The van der Waals surface area contributed by atoms with Crippen molar-refractivity contribution in [3.05, 3.63) is 0 Å². The molecule has 120 valence electrons. The fourth-order valence-corrected chi connectivity index (χ4v) is 2.51. The standard InChI is InChI=1S/C15H26N2O4/c1-10(2)17-12(18)9-11(14(17)21)16-8-7-15(3,4)6-5-13(19)20/h10-11,16H,5-9H2,1-4H3,(H,19,20). The minimum atomic E-state index is -0.792. The molecule has 1 aliphatic rings. The lowest BCUT2D eigenvalue weighted by molar-refractivity contribution is -0.141. The van der Waals surface area contributed by atoms with E-state index in [9.17, 15) is 14.4 Å². The fourth-order valence-electron chi connectivity index (χ4n) is 2.51. The van der Waals surface area contributed by atoms with Crippen LogP contribution in [0, 0.1) is 5.41 Å². The number of nitrogens with zero attached hydrogens (tertiary/aromatic N) is 1. The van der Waals surface area contributed by atoms with E-state index in [2.05, 4.69) is 5.32 Å². The fraction of sp³-hybridized carbons (Fsp3) is 0.800. The van der Waals surface area contributed by atoms with E-state index < -0.39 is 12.0 Å². The number of hydrogen-bond donors (Lipinski definition) is 2. The number of nitrogens with one attached hydrogen (secondary N) is 1. The Morgan fingerprint density at radius 1 is 1.38 bits per heavy atom. The Balaban J connectivity index is 2.41. The average molecular weight is 298 g/mol. The molecule has 0 aromatic rings. The largest absolute Gasteiger partial charge is 0.481 e. The second-order valence-corrected chi connectivity index (χ2v) is 6.71. The molecule has 1 rings (SSSR count). The lowest BCUT2D eigenvalue weighted by Gasteiger charge is -2.25. The summed E-state index contributed by atoms with van der Waals surface area (Å²) in [6.07, 6.45) is 1.72. The van der Waals surface area contributed by atoms with Crippen LogP contribution in [0.15, 0.2) is 0 Å². The van der Waals surface area contributed by atoms with Crippen LogP contribution in [0.3, 0.4) is 0 Å². The molecule has 1 fully saturated rings. The first-order valence-corrected chi connectivity index (χ1v) is 7.45. The molecule has 6 heteroatoms. The van der Waals surface area contributed by atoms with Crippen molar-refractivity contribution in [1.29, 1.82) is 0 Å². The molecular weight excluding hydrogens is 272 g/mol. The summed E-state index contributed by atoms with van der Waals surface area (Å²) in [7, 11) is 0.